The highest BCUT2D eigenvalue weighted by atomic mass is 16.4. The summed E-state index contributed by atoms with van der Waals surface area (Å²) in [5.41, 5.74) is -0.0614. The Bertz CT molecular complexity index is 295. The fourth-order valence-corrected chi connectivity index (χ4v) is 1.31. The van der Waals surface area contributed by atoms with Crippen LogP contribution in [0.25, 0.3) is 0 Å². The van der Waals surface area contributed by atoms with E-state index in [0.717, 1.165) is 0 Å². The molecule has 106 valence electrons. The molecule has 0 aromatic carbocycles. The minimum atomic E-state index is -0.998. The molecule has 2 atom stereocenters. The van der Waals surface area contributed by atoms with Crippen LogP contribution in [0.2, 0.25) is 0 Å². The lowest BCUT2D eigenvalue weighted by molar-refractivity contribution is -0.139. The fraction of sp³-hybridized carbons (Fsp3) is 0.846. The predicted octanol–water partition coefficient (Wildman–Crippen LogP) is 2.22. The average Bonchev–Trinajstić information content (AvgIpc) is 2.13. The molecule has 0 aliphatic rings. The van der Waals surface area contributed by atoms with Crippen molar-refractivity contribution in [3.63, 3.8) is 0 Å². The zero-order valence-electron chi connectivity index (χ0n) is 12.2. The summed E-state index contributed by atoms with van der Waals surface area (Å²) in [5.74, 6) is -0.784. The second-order valence-corrected chi connectivity index (χ2v) is 6.23. The number of carboxylic acid groups (broad SMARTS) is 1. The third kappa shape index (κ3) is 6.47. The maximum absolute atomic E-state index is 11.7. The van der Waals surface area contributed by atoms with E-state index in [0.29, 0.717) is 6.42 Å². The molecule has 2 amide bonds. The van der Waals surface area contributed by atoms with Crippen LogP contribution in [0.4, 0.5) is 4.79 Å². The first-order valence-corrected chi connectivity index (χ1v) is 6.34. The van der Waals surface area contributed by atoms with Gasteiger partial charge in [0.05, 0.1) is 0 Å². The predicted molar refractivity (Wildman–Crippen MR) is 71.5 cm³/mol. The summed E-state index contributed by atoms with van der Waals surface area (Å²) in [6, 6.07) is -1.30. The van der Waals surface area contributed by atoms with Crippen molar-refractivity contribution in [1.82, 2.24) is 10.6 Å². The first-order chi connectivity index (χ1) is 8.04. The summed E-state index contributed by atoms with van der Waals surface area (Å²) in [6.45, 7) is 11.8. The molecule has 0 heterocycles. The summed E-state index contributed by atoms with van der Waals surface area (Å²) in [5, 5.41) is 14.3. The minimum Gasteiger partial charge on any atom is -0.480 e. The van der Waals surface area contributed by atoms with Crippen molar-refractivity contribution in [2.24, 2.45) is 11.3 Å². The van der Waals surface area contributed by atoms with Crippen molar-refractivity contribution in [1.29, 1.82) is 0 Å². The van der Waals surface area contributed by atoms with E-state index in [9.17, 15) is 9.59 Å². The van der Waals surface area contributed by atoms with Gasteiger partial charge in [0, 0.05) is 6.04 Å². The number of carbonyl (C=O) groups excluding carboxylic acids is 1. The van der Waals surface area contributed by atoms with Gasteiger partial charge in [-0.25, -0.2) is 9.59 Å². The number of amides is 2. The third-order valence-corrected chi connectivity index (χ3v) is 2.96. The lowest BCUT2D eigenvalue weighted by atomic mass is 9.88. The first kappa shape index (κ1) is 16.7. The molecule has 0 spiro atoms. The molecule has 0 aromatic heterocycles. The molecule has 0 aliphatic heterocycles. The van der Waals surface area contributed by atoms with Gasteiger partial charge < -0.3 is 15.7 Å². The second-order valence-electron chi connectivity index (χ2n) is 6.23. The SMILES string of the molecule is CC(C)C[C@H](NC(=O)NC(C)C(C)(C)C)C(=O)O. The van der Waals surface area contributed by atoms with E-state index in [2.05, 4.69) is 10.6 Å². The maximum atomic E-state index is 11.7. The van der Waals surface area contributed by atoms with E-state index < -0.39 is 18.0 Å². The molecule has 0 fully saturated rings. The number of carboxylic acids is 1. The highest BCUT2D eigenvalue weighted by Gasteiger charge is 2.25. The van der Waals surface area contributed by atoms with Crippen LogP contribution in [0.5, 0.6) is 0 Å². The standard InChI is InChI=1S/C13H26N2O3/c1-8(2)7-10(11(16)17)15-12(18)14-9(3)13(4,5)6/h8-10H,7H2,1-6H3,(H,16,17)(H2,14,15,18)/t9?,10-/m0/s1. The van der Waals surface area contributed by atoms with E-state index >= 15 is 0 Å². The van der Waals surface area contributed by atoms with Gasteiger partial charge in [0.25, 0.3) is 0 Å². The normalized spacial score (nSPS) is 15.1. The Balaban J connectivity index is 4.39. The molecule has 3 N–H and O–H groups in total. The molecule has 18 heavy (non-hydrogen) atoms. The molecular formula is C13H26N2O3. The van der Waals surface area contributed by atoms with Crippen molar-refractivity contribution in [3.8, 4) is 0 Å². The first-order valence-electron chi connectivity index (χ1n) is 6.34. The molecule has 0 saturated heterocycles. The van der Waals surface area contributed by atoms with Crippen LogP contribution in [0.3, 0.4) is 0 Å². The Hall–Kier alpha value is -1.26. The molecule has 5 heteroatoms. The third-order valence-electron chi connectivity index (χ3n) is 2.96. The van der Waals surface area contributed by atoms with Crippen LogP contribution in [0, 0.1) is 11.3 Å². The maximum Gasteiger partial charge on any atom is 0.326 e. The summed E-state index contributed by atoms with van der Waals surface area (Å²) in [4.78, 5) is 22.7. The van der Waals surface area contributed by atoms with Crippen molar-refractivity contribution in [2.45, 2.75) is 60.0 Å². The Kier molecular flexibility index (Phi) is 6.15. The number of hydrogen-bond acceptors (Lipinski definition) is 2. The molecular weight excluding hydrogens is 232 g/mol. The van der Waals surface area contributed by atoms with Crippen LogP contribution in [-0.2, 0) is 4.79 Å². The quantitative estimate of drug-likeness (QED) is 0.707. The lowest BCUT2D eigenvalue weighted by Gasteiger charge is -2.28. The Morgan fingerprint density at radius 3 is 1.94 bits per heavy atom. The lowest BCUT2D eigenvalue weighted by Crippen LogP contribution is -2.51. The molecule has 1 unspecified atom stereocenters. The summed E-state index contributed by atoms with van der Waals surface area (Å²) < 4.78 is 0. The molecule has 5 nitrogen and oxygen atoms in total. The molecule has 0 saturated carbocycles. The number of nitrogens with one attached hydrogen (secondary N) is 2. The van der Waals surface area contributed by atoms with Crippen molar-refractivity contribution in [3.05, 3.63) is 0 Å². The van der Waals surface area contributed by atoms with E-state index in [1.807, 2.05) is 41.5 Å². The van der Waals surface area contributed by atoms with E-state index in [-0.39, 0.29) is 17.4 Å². The van der Waals surface area contributed by atoms with Gasteiger partial charge >= 0.3 is 12.0 Å². The van der Waals surface area contributed by atoms with Crippen molar-refractivity contribution < 1.29 is 14.7 Å². The largest absolute Gasteiger partial charge is 0.480 e. The van der Waals surface area contributed by atoms with Gasteiger partial charge in [0.15, 0.2) is 0 Å². The van der Waals surface area contributed by atoms with Crippen LogP contribution in [-0.4, -0.2) is 29.2 Å². The van der Waals surface area contributed by atoms with Crippen molar-refractivity contribution >= 4 is 12.0 Å². The topological polar surface area (TPSA) is 78.4 Å². The Morgan fingerprint density at radius 1 is 1.11 bits per heavy atom. The Morgan fingerprint density at radius 2 is 1.61 bits per heavy atom. The summed E-state index contributed by atoms with van der Waals surface area (Å²) in [7, 11) is 0. The van der Waals surface area contributed by atoms with Crippen molar-refractivity contribution in [2.75, 3.05) is 0 Å². The van der Waals surface area contributed by atoms with E-state index in [1.165, 1.54) is 0 Å². The smallest absolute Gasteiger partial charge is 0.326 e. The van der Waals surface area contributed by atoms with Gasteiger partial charge in [-0.3, -0.25) is 0 Å². The summed E-state index contributed by atoms with van der Waals surface area (Å²) in [6.07, 6.45) is 0.423. The molecule has 0 radical (unpaired) electrons. The van der Waals surface area contributed by atoms with Crippen LogP contribution in [0.15, 0.2) is 0 Å². The highest BCUT2D eigenvalue weighted by molar-refractivity contribution is 5.82. The van der Waals surface area contributed by atoms with E-state index in [1.54, 1.807) is 0 Å². The van der Waals surface area contributed by atoms with Crippen LogP contribution < -0.4 is 10.6 Å². The molecule has 0 aromatic rings. The molecule has 0 aliphatic carbocycles. The zero-order chi connectivity index (χ0) is 14.5. The number of carbonyl (C=O) groups is 2. The monoisotopic (exact) mass is 258 g/mol. The zero-order valence-corrected chi connectivity index (χ0v) is 12.2. The average molecular weight is 258 g/mol. The number of urea groups is 1. The molecule has 0 bridgehead atoms. The van der Waals surface area contributed by atoms with Crippen LogP contribution >= 0.6 is 0 Å². The highest BCUT2D eigenvalue weighted by Crippen LogP contribution is 2.18. The molecule has 0 rings (SSSR count). The summed E-state index contributed by atoms with van der Waals surface area (Å²) >= 11 is 0. The van der Waals surface area contributed by atoms with Gasteiger partial charge in [-0.1, -0.05) is 34.6 Å². The second kappa shape index (κ2) is 6.61. The van der Waals surface area contributed by atoms with Gasteiger partial charge in [-0.2, -0.15) is 0 Å². The minimum absolute atomic E-state index is 0.0361. The van der Waals surface area contributed by atoms with Gasteiger partial charge in [-0.15, -0.1) is 0 Å². The Labute approximate surface area is 109 Å². The number of hydrogen-bond donors (Lipinski definition) is 3. The van der Waals surface area contributed by atoms with E-state index in [4.69, 9.17) is 5.11 Å². The van der Waals surface area contributed by atoms with Crippen LogP contribution in [0.1, 0.15) is 48.0 Å². The fourth-order valence-electron chi connectivity index (χ4n) is 1.31. The number of rotatable bonds is 5. The van der Waals surface area contributed by atoms with Gasteiger partial charge in [0.2, 0.25) is 0 Å². The van der Waals surface area contributed by atoms with Gasteiger partial charge in [0.1, 0.15) is 6.04 Å². The van der Waals surface area contributed by atoms with Gasteiger partial charge in [-0.05, 0) is 24.7 Å². The number of aliphatic carboxylic acids is 1.